The zero-order chi connectivity index (χ0) is 27.4. The lowest BCUT2D eigenvalue weighted by Crippen LogP contribution is -2.44. The molecule has 0 aliphatic carbocycles. The third-order valence-corrected chi connectivity index (χ3v) is 7.88. The van der Waals surface area contributed by atoms with Gasteiger partial charge in [-0.3, -0.25) is 4.79 Å². The molecule has 11 heteroatoms. The van der Waals surface area contributed by atoms with E-state index in [1.165, 1.54) is 29.3 Å². The number of carbonyl (C=O) groups excluding carboxylic acids is 1. The molecule has 3 N–H and O–H groups in total. The Bertz CT molecular complexity index is 1460. The summed E-state index contributed by atoms with van der Waals surface area (Å²) in [4.78, 5) is 16.7. The standard InChI is InChI=1S/C27H27Cl2N5O3S/c1-17(2)24(26(30)35)31-27(33-38(36,37)22-14-12-21(29)13-15-22)34-16-23(18-6-4-3-5-7-18)25(32-34)19-8-10-20(28)11-9-19/h3-15,17,23-24H,16H2,1-2H3,(H2,30,35)(H,31,33)/t23-,24?/m0/s1. The molecule has 0 aromatic heterocycles. The molecular weight excluding hydrogens is 545 g/mol. The van der Waals surface area contributed by atoms with Gasteiger partial charge >= 0.3 is 0 Å². The van der Waals surface area contributed by atoms with E-state index in [2.05, 4.69) is 9.71 Å². The van der Waals surface area contributed by atoms with Crippen LogP contribution < -0.4 is 10.5 Å². The number of carbonyl (C=O) groups is 1. The number of sulfonamides is 1. The van der Waals surface area contributed by atoms with Crippen LogP contribution in [-0.4, -0.2) is 43.6 Å². The lowest BCUT2D eigenvalue weighted by Gasteiger charge is -2.22. The summed E-state index contributed by atoms with van der Waals surface area (Å²) in [6.45, 7) is 3.83. The highest BCUT2D eigenvalue weighted by atomic mass is 35.5. The highest BCUT2D eigenvalue weighted by Crippen LogP contribution is 2.30. The van der Waals surface area contributed by atoms with Crippen LogP contribution in [0.2, 0.25) is 10.0 Å². The second kappa shape index (κ2) is 11.6. The third-order valence-electron chi connectivity index (χ3n) is 6.03. The van der Waals surface area contributed by atoms with E-state index in [-0.39, 0.29) is 29.2 Å². The maximum absolute atomic E-state index is 13.3. The van der Waals surface area contributed by atoms with Gasteiger partial charge in [-0.15, -0.1) is 0 Å². The Balaban J connectivity index is 1.81. The number of nitrogens with zero attached hydrogens (tertiary/aromatic N) is 3. The SMILES string of the molecule is CC(C)C(N=C(NS(=O)(=O)c1ccc(Cl)cc1)N1C[C@@H](c2ccccc2)C(c2ccc(Cl)cc2)=N1)C(N)=O. The fourth-order valence-corrected chi connectivity index (χ4v) is 5.34. The summed E-state index contributed by atoms with van der Waals surface area (Å²) in [6, 6.07) is 21.7. The average Bonchev–Trinajstić information content (AvgIpc) is 3.33. The maximum Gasteiger partial charge on any atom is 0.264 e. The summed E-state index contributed by atoms with van der Waals surface area (Å²) < 4.78 is 29.2. The number of benzene rings is 3. The molecule has 2 atom stereocenters. The number of hydrogen-bond acceptors (Lipinski definition) is 5. The highest BCUT2D eigenvalue weighted by molar-refractivity contribution is 7.90. The number of hydrogen-bond donors (Lipinski definition) is 2. The number of amides is 1. The van der Waals surface area contributed by atoms with Crippen molar-refractivity contribution in [2.75, 3.05) is 6.54 Å². The highest BCUT2D eigenvalue weighted by Gasteiger charge is 2.34. The largest absolute Gasteiger partial charge is 0.368 e. The smallest absolute Gasteiger partial charge is 0.264 e. The van der Waals surface area contributed by atoms with Crippen molar-refractivity contribution in [3.05, 3.63) is 100 Å². The molecule has 3 aromatic rings. The normalized spacial score (nSPS) is 16.9. The van der Waals surface area contributed by atoms with Gasteiger partial charge in [-0.05, 0) is 53.4 Å². The van der Waals surface area contributed by atoms with Gasteiger partial charge in [0.05, 0.1) is 17.2 Å². The van der Waals surface area contributed by atoms with Crippen molar-refractivity contribution in [2.45, 2.75) is 30.7 Å². The predicted molar refractivity (Wildman–Crippen MR) is 151 cm³/mol. The van der Waals surface area contributed by atoms with E-state index in [1.54, 1.807) is 26.0 Å². The number of halogens is 2. The Morgan fingerprint density at radius 3 is 2.13 bits per heavy atom. The zero-order valence-corrected chi connectivity index (χ0v) is 23.1. The van der Waals surface area contributed by atoms with Gasteiger partial charge in [0.25, 0.3) is 10.0 Å². The maximum atomic E-state index is 13.3. The molecule has 38 heavy (non-hydrogen) atoms. The molecule has 0 saturated heterocycles. The van der Waals surface area contributed by atoms with Crippen LogP contribution in [0.4, 0.5) is 0 Å². The molecule has 0 radical (unpaired) electrons. The van der Waals surface area contributed by atoms with Crippen LogP contribution in [0, 0.1) is 5.92 Å². The number of aliphatic imine (C=N–C) groups is 1. The van der Waals surface area contributed by atoms with E-state index in [0.29, 0.717) is 15.8 Å². The fraction of sp³-hybridized carbons (Fsp3) is 0.222. The molecule has 8 nitrogen and oxygen atoms in total. The molecule has 4 rings (SSSR count). The minimum Gasteiger partial charge on any atom is -0.368 e. The van der Waals surface area contributed by atoms with Crippen molar-refractivity contribution in [1.29, 1.82) is 0 Å². The van der Waals surface area contributed by atoms with Gasteiger partial charge in [0.2, 0.25) is 11.9 Å². The number of nitrogens with one attached hydrogen (secondary N) is 1. The zero-order valence-electron chi connectivity index (χ0n) is 20.8. The van der Waals surface area contributed by atoms with Gasteiger partial charge in [0.1, 0.15) is 6.04 Å². The lowest BCUT2D eigenvalue weighted by atomic mass is 9.91. The van der Waals surface area contributed by atoms with E-state index in [1.807, 2.05) is 42.5 Å². The van der Waals surface area contributed by atoms with Crippen LogP contribution in [0.25, 0.3) is 0 Å². The molecule has 1 heterocycles. The molecule has 0 fully saturated rings. The van der Waals surface area contributed by atoms with Crippen molar-refractivity contribution >= 4 is 50.8 Å². The average molecular weight is 573 g/mol. The molecule has 0 spiro atoms. The topological polar surface area (TPSA) is 117 Å². The Morgan fingerprint density at radius 2 is 1.58 bits per heavy atom. The first-order chi connectivity index (χ1) is 18.0. The van der Waals surface area contributed by atoms with Crippen molar-refractivity contribution in [3.8, 4) is 0 Å². The van der Waals surface area contributed by atoms with E-state index >= 15 is 0 Å². The Kier molecular flexibility index (Phi) is 8.40. The van der Waals surface area contributed by atoms with E-state index < -0.39 is 22.0 Å². The summed E-state index contributed by atoms with van der Waals surface area (Å²) in [7, 11) is -4.10. The first-order valence-electron chi connectivity index (χ1n) is 11.9. The number of hydrazone groups is 1. The molecule has 0 bridgehead atoms. The summed E-state index contributed by atoms with van der Waals surface area (Å²) >= 11 is 12.1. The molecular formula is C27H27Cl2N5O3S. The number of primary amides is 1. The summed E-state index contributed by atoms with van der Waals surface area (Å²) in [6.07, 6.45) is 0. The minimum atomic E-state index is -4.10. The Morgan fingerprint density at radius 1 is 1.00 bits per heavy atom. The second-order valence-corrected chi connectivity index (χ2v) is 11.7. The van der Waals surface area contributed by atoms with E-state index in [0.717, 1.165) is 11.1 Å². The number of nitrogens with two attached hydrogens (primary N) is 1. The summed E-state index contributed by atoms with van der Waals surface area (Å²) in [5, 5.41) is 7.23. The quantitative estimate of drug-likeness (QED) is 0.317. The monoisotopic (exact) mass is 571 g/mol. The van der Waals surface area contributed by atoms with Crippen LogP contribution in [0.1, 0.15) is 30.9 Å². The fourth-order valence-electron chi connectivity index (χ4n) is 4.07. The minimum absolute atomic E-state index is 0.0181. The van der Waals surface area contributed by atoms with Crippen molar-refractivity contribution in [1.82, 2.24) is 9.73 Å². The van der Waals surface area contributed by atoms with Gasteiger partial charge in [-0.2, -0.15) is 5.10 Å². The predicted octanol–water partition coefficient (Wildman–Crippen LogP) is 4.64. The second-order valence-electron chi connectivity index (χ2n) is 9.14. The first kappa shape index (κ1) is 27.6. The van der Waals surface area contributed by atoms with Crippen LogP contribution in [0.5, 0.6) is 0 Å². The van der Waals surface area contributed by atoms with Gasteiger partial charge in [0, 0.05) is 16.0 Å². The van der Waals surface area contributed by atoms with E-state index in [4.69, 9.17) is 34.0 Å². The Labute approximate surface area is 232 Å². The number of rotatable bonds is 7. The van der Waals surface area contributed by atoms with Crippen LogP contribution in [0.15, 0.2) is 93.9 Å². The molecule has 1 aliphatic heterocycles. The first-order valence-corrected chi connectivity index (χ1v) is 14.1. The molecule has 0 saturated carbocycles. The third kappa shape index (κ3) is 6.35. The van der Waals surface area contributed by atoms with Crippen LogP contribution >= 0.6 is 23.2 Å². The summed E-state index contributed by atoms with van der Waals surface area (Å²) in [5.74, 6) is -1.28. The van der Waals surface area contributed by atoms with Crippen LogP contribution in [0.3, 0.4) is 0 Å². The molecule has 1 amide bonds. The molecule has 1 aliphatic rings. The van der Waals surface area contributed by atoms with Crippen molar-refractivity contribution in [2.24, 2.45) is 21.7 Å². The van der Waals surface area contributed by atoms with Gasteiger partial charge in [0.15, 0.2) is 0 Å². The lowest BCUT2D eigenvalue weighted by molar-refractivity contribution is -0.120. The molecule has 198 valence electrons. The molecule has 1 unspecified atom stereocenters. The van der Waals surface area contributed by atoms with E-state index in [9.17, 15) is 13.2 Å². The molecule has 3 aromatic carbocycles. The van der Waals surface area contributed by atoms with Gasteiger partial charge in [-0.1, -0.05) is 79.5 Å². The Hall–Kier alpha value is -3.40. The van der Waals surface area contributed by atoms with Crippen molar-refractivity contribution < 1.29 is 13.2 Å². The summed E-state index contributed by atoms with van der Waals surface area (Å²) in [5.41, 5.74) is 8.13. The van der Waals surface area contributed by atoms with Crippen LogP contribution in [-0.2, 0) is 14.8 Å². The number of guanidine groups is 1. The van der Waals surface area contributed by atoms with Gasteiger partial charge in [-0.25, -0.2) is 23.1 Å². The van der Waals surface area contributed by atoms with Crippen molar-refractivity contribution in [3.63, 3.8) is 0 Å². The van der Waals surface area contributed by atoms with Gasteiger partial charge < -0.3 is 5.73 Å².